The van der Waals surface area contributed by atoms with E-state index >= 15 is 0 Å². The molecule has 0 bridgehead atoms. The highest BCUT2D eigenvalue weighted by Crippen LogP contribution is 2.12. The molecule has 0 spiro atoms. The van der Waals surface area contributed by atoms with Gasteiger partial charge in [0.1, 0.15) is 24.3 Å². The van der Waals surface area contributed by atoms with Crippen LogP contribution < -0.4 is 4.74 Å². The Hall–Kier alpha value is -2.44. The lowest BCUT2D eigenvalue weighted by atomic mass is 10.2. The molecular weight excluding hydrogens is 347 g/mol. The van der Waals surface area contributed by atoms with Crippen molar-refractivity contribution in [3.05, 3.63) is 66.0 Å². The van der Waals surface area contributed by atoms with Crippen LogP contribution in [-0.2, 0) is 0 Å². The van der Waals surface area contributed by atoms with Crippen molar-refractivity contribution in [2.75, 3.05) is 39.3 Å². The van der Waals surface area contributed by atoms with Crippen molar-refractivity contribution in [2.24, 2.45) is 0 Å². The van der Waals surface area contributed by atoms with E-state index in [0.717, 1.165) is 18.7 Å². The van der Waals surface area contributed by atoms with Crippen LogP contribution in [0.25, 0.3) is 0 Å². The minimum absolute atomic E-state index is 0.0789. The van der Waals surface area contributed by atoms with Gasteiger partial charge in [-0.05, 0) is 49.4 Å². The Morgan fingerprint density at radius 2 is 1.78 bits per heavy atom. The quantitative estimate of drug-likeness (QED) is 0.846. The molecule has 1 saturated heterocycles. The fourth-order valence-electron chi connectivity index (χ4n) is 3.19. The van der Waals surface area contributed by atoms with Crippen molar-refractivity contribution in [3.8, 4) is 5.75 Å². The van der Waals surface area contributed by atoms with Crippen LogP contribution in [0.1, 0.15) is 16.8 Å². The first-order valence-corrected chi connectivity index (χ1v) is 9.25. The van der Waals surface area contributed by atoms with Gasteiger partial charge in [-0.2, -0.15) is 0 Å². The maximum absolute atomic E-state index is 13.0. The van der Waals surface area contributed by atoms with Crippen LogP contribution >= 0.6 is 0 Å². The summed E-state index contributed by atoms with van der Waals surface area (Å²) in [5.74, 6) is 0.314. The molecule has 1 fully saturated rings. The molecule has 1 N–H and O–H groups in total. The Balaban J connectivity index is 1.46. The van der Waals surface area contributed by atoms with Gasteiger partial charge >= 0.3 is 0 Å². The average molecular weight is 372 g/mol. The number of nitrogens with zero attached hydrogens (tertiary/aromatic N) is 2. The van der Waals surface area contributed by atoms with E-state index in [1.54, 1.807) is 4.90 Å². The number of aliphatic hydroxyl groups excluding tert-OH is 1. The van der Waals surface area contributed by atoms with Gasteiger partial charge in [0.25, 0.3) is 5.91 Å². The number of β-amino-alcohol motifs (C(OH)–C–C–N with tert-alkyl or cyclic N) is 1. The van der Waals surface area contributed by atoms with Crippen LogP contribution in [0.3, 0.4) is 0 Å². The van der Waals surface area contributed by atoms with E-state index < -0.39 is 6.10 Å². The van der Waals surface area contributed by atoms with Gasteiger partial charge in [0, 0.05) is 31.7 Å². The van der Waals surface area contributed by atoms with E-state index in [9.17, 15) is 14.3 Å². The number of para-hydroxylation sites is 1. The van der Waals surface area contributed by atoms with Crippen molar-refractivity contribution in [3.63, 3.8) is 0 Å². The number of aliphatic hydroxyl groups is 1. The van der Waals surface area contributed by atoms with E-state index in [2.05, 4.69) is 4.90 Å². The molecular formula is C21H25FN2O3. The highest BCUT2D eigenvalue weighted by atomic mass is 19.1. The number of carbonyl (C=O) groups excluding carboxylic acids is 1. The molecule has 2 aromatic rings. The molecule has 144 valence electrons. The fourth-order valence-corrected chi connectivity index (χ4v) is 3.19. The zero-order valence-electron chi connectivity index (χ0n) is 15.3. The molecule has 1 heterocycles. The SMILES string of the molecule is O=C(c1ccc(F)cc1)N1CCCN(CC(O)COc2ccccc2)CC1. The number of ether oxygens (including phenoxy) is 1. The zero-order valence-corrected chi connectivity index (χ0v) is 15.3. The van der Waals surface area contributed by atoms with Crippen molar-refractivity contribution in [1.82, 2.24) is 9.80 Å². The Kier molecular flexibility index (Phi) is 6.79. The highest BCUT2D eigenvalue weighted by molar-refractivity contribution is 5.94. The molecule has 3 rings (SSSR count). The van der Waals surface area contributed by atoms with Gasteiger partial charge in [-0.15, -0.1) is 0 Å². The molecule has 1 atom stereocenters. The highest BCUT2D eigenvalue weighted by Gasteiger charge is 2.21. The number of rotatable bonds is 6. The second-order valence-corrected chi connectivity index (χ2v) is 6.73. The van der Waals surface area contributed by atoms with Gasteiger partial charge < -0.3 is 14.7 Å². The van der Waals surface area contributed by atoms with Gasteiger partial charge in [-0.1, -0.05) is 18.2 Å². The molecule has 1 aliphatic heterocycles. The van der Waals surface area contributed by atoms with Gasteiger partial charge in [0.2, 0.25) is 0 Å². The summed E-state index contributed by atoms with van der Waals surface area (Å²) in [5, 5.41) is 10.3. The average Bonchev–Trinajstić information content (AvgIpc) is 2.93. The van der Waals surface area contributed by atoms with Crippen molar-refractivity contribution in [1.29, 1.82) is 0 Å². The largest absolute Gasteiger partial charge is 0.491 e. The smallest absolute Gasteiger partial charge is 0.253 e. The number of carbonyl (C=O) groups is 1. The van der Waals surface area contributed by atoms with Crippen LogP contribution in [0, 0.1) is 5.82 Å². The monoisotopic (exact) mass is 372 g/mol. The lowest BCUT2D eigenvalue weighted by Crippen LogP contribution is -2.39. The minimum atomic E-state index is -0.593. The summed E-state index contributed by atoms with van der Waals surface area (Å²) < 4.78 is 18.6. The second kappa shape index (κ2) is 9.48. The van der Waals surface area contributed by atoms with Gasteiger partial charge in [-0.25, -0.2) is 4.39 Å². The predicted octanol–water partition coefficient (Wildman–Crippen LogP) is 2.41. The van der Waals surface area contributed by atoms with E-state index in [1.165, 1.54) is 24.3 Å². The second-order valence-electron chi connectivity index (χ2n) is 6.73. The summed E-state index contributed by atoms with van der Waals surface area (Å²) in [6.07, 6.45) is 0.240. The molecule has 0 radical (unpaired) electrons. The summed E-state index contributed by atoms with van der Waals surface area (Å²) >= 11 is 0. The number of hydrogen-bond donors (Lipinski definition) is 1. The van der Waals surface area contributed by atoms with Crippen LogP contribution in [0.2, 0.25) is 0 Å². The van der Waals surface area contributed by atoms with Gasteiger partial charge in [0.05, 0.1) is 0 Å². The Morgan fingerprint density at radius 3 is 2.52 bits per heavy atom. The van der Waals surface area contributed by atoms with E-state index in [1.807, 2.05) is 30.3 Å². The topological polar surface area (TPSA) is 53.0 Å². The van der Waals surface area contributed by atoms with Gasteiger partial charge in [-0.3, -0.25) is 9.69 Å². The molecule has 27 heavy (non-hydrogen) atoms. The summed E-state index contributed by atoms with van der Waals surface area (Å²) in [4.78, 5) is 16.5. The maximum atomic E-state index is 13.0. The maximum Gasteiger partial charge on any atom is 0.253 e. The molecule has 1 aliphatic rings. The molecule has 0 saturated carbocycles. The number of halogens is 1. The Bertz CT molecular complexity index is 724. The molecule has 5 nitrogen and oxygen atoms in total. The zero-order chi connectivity index (χ0) is 19.1. The standard InChI is InChI=1S/C21H25FN2O3/c22-18-9-7-17(8-10-18)21(26)24-12-4-11-23(13-14-24)15-19(25)16-27-20-5-2-1-3-6-20/h1-3,5-10,19,25H,4,11-16H2. The predicted molar refractivity (Wildman–Crippen MR) is 101 cm³/mol. The first kappa shape index (κ1) is 19.3. The molecule has 1 amide bonds. The molecule has 0 aromatic heterocycles. The third kappa shape index (κ3) is 5.77. The van der Waals surface area contributed by atoms with E-state index in [4.69, 9.17) is 4.74 Å². The molecule has 0 aliphatic carbocycles. The first-order valence-electron chi connectivity index (χ1n) is 9.25. The van der Waals surface area contributed by atoms with Crippen LogP contribution in [-0.4, -0.2) is 66.2 Å². The summed E-state index contributed by atoms with van der Waals surface area (Å²) in [7, 11) is 0. The van der Waals surface area contributed by atoms with Crippen molar-refractivity contribution < 1.29 is 19.0 Å². The molecule has 6 heteroatoms. The fraction of sp³-hybridized carbons (Fsp3) is 0.381. The lowest BCUT2D eigenvalue weighted by molar-refractivity contribution is 0.0670. The summed E-state index contributed by atoms with van der Waals surface area (Å²) in [6.45, 7) is 3.49. The number of amides is 1. The molecule has 1 unspecified atom stereocenters. The first-order chi connectivity index (χ1) is 13.1. The number of hydrogen-bond acceptors (Lipinski definition) is 4. The third-order valence-corrected chi connectivity index (χ3v) is 4.62. The lowest BCUT2D eigenvalue weighted by Gasteiger charge is -2.24. The summed E-state index contributed by atoms with van der Waals surface area (Å²) in [6, 6.07) is 15.1. The van der Waals surface area contributed by atoms with E-state index in [-0.39, 0.29) is 18.3 Å². The van der Waals surface area contributed by atoms with Crippen molar-refractivity contribution in [2.45, 2.75) is 12.5 Å². The van der Waals surface area contributed by atoms with Crippen LogP contribution in [0.4, 0.5) is 4.39 Å². The normalized spacial score (nSPS) is 16.6. The minimum Gasteiger partial charge on any atom is -0.491 e. The van der Waals surface area contributed by atoms with Crippen LogP contribution in [0.15, 0.2) is 54.6 Å². The van der Waals surface area contributed by atoms with Crippen molar-refractivity contribution >= 4 is 5.91 Å². The molecule has 2 aromatic carbocycles. The van der Waals surface area contributed by atoms with E-state index in [0.29, 0.717) is 31.7 Å². The van der Waals surface area contributed by atoms with Gasteiger partial charge in [0.15, 0.2) is 0 Å². The Morgan fingerprint density at radius 1 is 1.04 bits per heavy atom. The number of benzene rings is 2. The Labute approximate surface area is 159 Å². The van der Waals surface area contributed by atoms with Crippen LogP contribution in [0.5, 0.6) is 5.75 Å². The third-order valence-electron chi connectivity index (χ3n) is 4.62. The summed E-state index contributed by atoms with van der Waals surface area (Å²) in [5.41, 5.74) is 0.501.